The maximum absolute atomic E-state index is 5.09. The van der Waals surface area contributed by atoms with E-state index in [9.17, 15) is 0 Å². The second-order valence-corrected chi connectivity index (χ2v) is 3.33. The van der Waals surface area contributed by atoms with Gasteiger partial charge in [-0.1, -0.05) is 26.7 Å². The number of rotatable bonds is 4. The van der Waals surface area contributed by atoms with Gasteiger partial charge in [-0.3, -0.25) is 0 Å². The number of terminal acetylenes is 1. The van der Waals surface area contributed by atoms with Crippen LogP contribution in [0.15, 0.2) is 0 Å². The Morgan fingerprint density at radius 1 is 1.50 bits per heavy atom. The van der Waals surface area contributed by atoms with E-state index in [-0.39, 0.29) is 0 Å². The molecule has 0 fully saturated rings. The molecule has 0 aliphatic rings. The lowest BCUT2D eigenvalue weighted by atomic mass is 9.90. The second-order valence-electron chi connectivity index (χ2n) is 3.33. The summed E-state index contributed by atoms with van der Waals surface area (Å²) in [5, 5.41) is 3.19. The Hall–Kier alpha value is -0.480. The SMILES string of the molecule is C#CCNCC(C)(C)CC. The van der Waals surface area contributed by atoms with Gasteiger partial charge in [-0.2, -0.15) is 0 Å². The van der Waals surface area contributed by atoms with E-state index in [1.807, 2.05) is 0 Å². The molecule has 1 nitrogen and oxygen atoms in total. The van der Waals surface area contributed by atoms with Crippen LogP contribution in [0.25, 0.3) is 0 Å². The normalized spacial score (nSPS) is 11.0. The summed E-state index contributed by atoms with van der Waals surface area (Å²) in [6, 6.07) is 0. The van der Waals surface area contributed by atoms with E-state index < -0.39 is 0 Å². The average molecular weight is 139 g/mol. The summed E-state index contributed by atoms with van der Waals surface area (Å²) in [5.41, 5.74) is 0.386. The maximum atomic E-state index is 5.09. The highest BCUT2D eigenvalue weighted by atomic mass is 14.9. The van der Waals surface area contributed by atoms with Gasteiger partial charge < -0.3 is 5.32 Å². The van der Waals surface area contributed by atoms with Crippen LogP contribution in [0.3, 0.4) is 0 Å². The Balaban J connectivity index is 3.39. The van der Waals surface area contributed by atoms with Gasteiger partial charge in [-0.25, -0.2) is 0 Å². The predicted octanol–water partition coefficient (Wildman–Crippen LogP) is 1.65. The van der Waals surface area contributed by atoms with Crippen LogP contribution >= 0.6 is 0 Å². The van der Waals surface area contributed by atoms with Gasteiger partial charge in [0, 0.05) is 6.54 Å². The summed E-state index contributed by atoms with van der Waals surface area (Å²) < 4.78 is 0. The molecule has 0 radical (unpaired) electrons. The van der Waals surface area contributed by atoms with Crippen LogP contribution in [0, 0.1) is 17.8 Å². The first-order valence-electron chi connectivity index (χ1n) is 3.76. The maximum Gasteiger partial charge on any atom is 0.0574 e. The standard InChI is InChI=1S/C9H17N/c1-5-7-10-8-9(3,4)6-2/h1,10H,6-8H2,2-4H3. The zero-order valence-corrected chi connectivity index (χ0v) is 7.20. The highest BCUT2D eigenvalue weighted by Crippen LogP contribution is 2.17. The molecule has 0 saturated heterocycles. The molecule has 0 unspecified atom stereocenters. The summed E-state index contributed by atoms with van der Waals surface area (Å²) in [6.45, 7) is 8.35. The van der Waals surface area contributed by atoms with Gasteiger partial charge in [0.15, 0.2) is 0 Å². The van der Waals surface area contributed by atoms with Crippen LogP contribution in [-0.4, -0.2) is 13.1 Å². The van der Waals surface area contributed by atoms with Crippen LogP contribution in [0.2, 0.25) is 0 Å². The smallest absolute Gasteiger partial charge is 0.0574 e. The summed E-state index contributed by atoms with van der Waals surface area (Å²) in [6.07, 6.45) is 6.27. The van der Waals surface area contributed by atoms with Gasteiger partial charge in [-0.05, 0) is 11.8 Å². The molecule has 0 amide bonds. The summed E-state index contributed by atoms with van der Waals surface area (Å²) >= 11 is 0. The largest absolute Gasteiger partial charge is 0.306 e. The third kappa shape index (κ3) is 4.40. The van der Waals surface area contributed by atoms with Crippen molar-refractivity contribution < 1.29 is 0 Å². The zero-order chi connectivity index (χ0) is 8.04. The van der Waals surface area contributed by atoms with Crippen molar-refractivity contribution >= 4 is 0 Å². The molecule has 1 heteroatoms. The van der Waals surface area contributed by atoms with Gasteiger partial charge >= 0.3 is 0 Å². The lowest BCUT2D eigenvalue weighted by molar-refractivity contribution is 0.335. The summed E-state index contributed by atoms with van der Waals surface area (Å²) in [7, 11) is 0. The molecule has 0 aliphatic heterocycles. The van der Waals surface area contributed by atoms with Crippen LogP contribution in [0.5, 0.6) is 0 Å². The molecule has 0 rings (SSSR count). The van der Waals surface area contributed by atoms with Crippen molar-refractivity contribution in [3.8, 4) is 12.3 Å². The minimum absolute atomic E-state index is 0.386. The van der Waals surface area contributed by atoms with Gasteiger partial charge in [-0.15, -0.1) is 6.42 Å². The Morgan fingerprint density at radius 2 is 2.10 bits per heavy atom. The van der Waals surface area contributed by atoms with Crippen LogP contribution < -0.4 is 5.32 Å². The van der Waals surface area contributed by atoms with E-state index in [1.165, 1.54) is 6.42 Å². The Bertz CT molecular complexity index is 119. The molecular formula is C9H17N. The Kier molecular flexibility index (Phi) is 4.14. The lowest BCUT2D eigenvalue weighted by Gasteiger charge is -2.22. The monoisotopic (exact) mass is 139 g/mol. The number of hydrogen-bond acceptors (Lipinski definition) is 1. The fourth-order valence-corrected chi connectivity index (χ4v) is 0.598. The molecule has 0 saturated carbocycles. The predicted molar refractivity (Wildman–Crippen MR) is 45.8 cm³/mol. The Morgan fingerprint density at radius 3 is 2.50 bits per heavy atom. The summed E-state index contributed by atoms with van der Waals surface area (Å²) in [4.78, 5) is 0. The molecule has 0 spiro atoms. The highest BCUT2D eigenvalue weighted by molar-refractivity contribution is 4.87. The first kappa shape index (κ1) is 9.52. The fraction of sp³-hybridized carbons (Fsp3) is 0.778. The molecule has 10 heavy (non-hydrogen) atoms. The molecule has 0 aromatic rings. The zero-order valence-electron chi connectivity index (χ0n) is 7.20. The van der Waals surface area contributed by atoms with Gasteiger partial charge in [0.05, 0.1) is 6.54 Å². The molecule has 0 aromatic heterocycles. The fourth-order valence-electron chi connectivity index (χ4n) is 0.598. The van der Waals surface area contributed by atoms with Gasteiger partial charge in [0.25, 0.3) is 0 Å². The third-order valence-corrected chi connectivity index (χ3v) is 1.79. The van der Waals surface area contributed by atoms with Gasteiger partial charge in [0.1, 0.15) is 0 Å². The van der Waals surface area contributed by atoms with E-state index in [0.717, 1.165) is 6.54 Å². The molecule has 0 atom stereocenters. The molecule has 0 aliphatic carbocycles. The quantitative estimate of drug-likeness (QED) is 0.461. The first-order chi connectivity index (χ1) is 4.62. The number of nitrogens with one attached hydrogen (secondary N) is 1. The van der Waals surface area contributed by atoms with E-state index in [4.69, 9.17) is 6.42 Å². The minimum atomic E-state index is 0.386. The van der Waals surface area contributed by atoms with Crippen molar-refractivity contribution in [3.05, 3.63) is 0 Å². The van der Waals surface area contributed by atoms with Crippen molar-refractivity contribution in [1.29, 1.82) is 0 Å². The van der Waals surface area contributed by atoms with Gasteiger partial charge in [0.2, 0.25) is 0 Å². The van der Waals surface area contributed by atoms with E-state index in [2.05, 4.69) is 32.0 Å². The first-order valence-corrected chi connectivity index (χ1v) is 3.76. The van der Waals surface area contributed by atoms with Crippen molar-refractivity contribution in [1.82, 2.24) is 5.32 Å². The van der Waals surface area contributed by atoms with Crippen LogP contribution in [0.4, 0.5) is 0 Å². The number of hydrogen-bond donors (Lipinski definition) is 1. The second kappa shape index (κ2) is 4.35. The topological polar surface area (TPSA) is 12.0 Å². The van der Waals surface area contributed by atoms with E-state index in [0.29, 0.717) is 12.0 Å². The molecule has 0 bridgehead atoms. The van der Waals surface area contributed by atoms with Crippen LogP contribution in [-0.2, 0) is 0 Å². The van der Waals surface area contributed by atoms with E-state index in [1.54, 1.807) is 0 Å². The van der Waals surface area contributed by atoms with Crippen molar-refractivity contribution in [2.24, 2.45) is 5.41 Å². The summed E-state index contributed by atoms with van der Waals surface area (Å²) in [5.74, 6) is 2.55. The molecule has 1 N–H and O–H groups in total. The molecular weight excluding hydrogens is 122 g/mol. The molecule has 0 heterocycles. The van der Waals surface area contributed by atoms with Crippen molar-refractivity contribution in [2.45, 2.75) is 27.2 Å². The van der Waals surface area contributed by atoms with Crippen molar-refractivity contribution in [2.75, 3.05) is 13.1 Å². The van der Waals surface area contributed by atoms with E-state index >= 15 is 0 Å². The van der Waals surface area contributed by atoms with Crippen molar-refractivity contribution in [3.63, 3.8) is 0 Å². The molecule has 58 valence electrons. The third-order valence-electron chi connectivity index (χ3n) is 1.79. The lowest BCUT2D eigenvalue weighted by Crippen LogP contribution is -2.28. The highest BCUT2D eigenvalue weighted by Gasteiger charge is 2.12. The molecule has 0 aromatic carbocycles. The Labute approximate surface area is 64.2 Å². The van der Waals surface area contributed by atoms with Crippen LogP contribution in [0.1, 0.15) is 27.2 Å². The minimum Gasteiger partial charge on any atom is -0.306 e. The average Bonchev–Trinajstić information content (AvgIpc) is 1.89.